The van der Waals surface area contributed by atoms with E-state index in [1.54, 1.807) is 18.0 Å². The van der Waals surface area contributed by atoms with Crippen molar-refractivity contribution in [3.05, 3.63) is 34.3 Å². The van der Waals surface area contributed by atoms with Crippen LogP contribution in [0.3, 0.4) is 0 Å². The van der Waals surface area contributed by atoms with E-state index in [1.807, 2.05) is 18.2 Å². The van der Waals surface area contributed by atoms with E-state index < -0.39 is 0 Å². The molecular weight excluding hydrogens is 284 g/mol. The monoisotopic (exact) mass is 296 g/mol. The predicted octanol–water partition coefficient (Wildman–Crippen LogP) is 1.41. The molecule has 17 heavy (non-hydrogen) atoms. The van der Waals surface area contributed by atoms with Gasteiger partial charge in [-0.15, -0.1) is 0 Å². The lowest BCUT2D eigenvalue weighted by atomic mass is 10.2. The lowest BCUT2D eigenvalue weighted by molar-refractivity contribution is -0.126. The van der Waals surface area contributed by atoms with Crippen molar-refractivity contribution in [1.29, 1.82) is 0 Å². The van der Waals surface area contributed by atoms with Crippen molar-refractivity contribution in [2.75, 3.05) is 13.6 Å². The summed E-state index contributed by atoms with van der Waals surface area (Å²) in [6.07, 6.45) is 0.382. The number of carbonyl (C=O) groups excluding carboxylic acids is 2. The lowest BCUT2D eigenvalue weighted by Crippen LogP contribution is -2.36. The van der Waals surface area contributed by atoms with E-state index in [0.29, 0.717) is 18.5 Å². The van der Waals surface area contributed by atoms with Gasteiger partial charge in [0.05, 0.1) is 11.6 Å². The van der Waals surface area contributed by atoms with Gasteiger partial charge in [0.25, 0.3) is 5.91 Å². The highest BCUT2D eigenvalue weighted by molar-refractivity contribution is 9.10. The molecular formula is C12H13BrN2O2. The third-order valence-electron chi connectivity index (χ3n) is 2.79. The van der Waals surface area contributed by atoms with Gasteiger partial charge in [0.1, 0.15) is 0 Å². The molecule has 0 spiro atoms. The summed E-state index contributed by atoms with van der Waals surface area (Å²) in [6, 6.07) is 7.15. The molecule has 1 aromatic carbocycles. The number of benzene rings is 1. The molecule has 1 atom stereocenters. The van der Waals surface area contributed by atoms with Gasteiger partial charge in [-0.2, -0.15) is 0 Å². The summed E-state index contributed by atoms with van der Waals surface area (Å²) in [6.45, 7) is 0.578. The average molecular weight is 297 g/mol. The van der Waals surface area contributed by atoms with Crippen LogP contribution in [-0.2, 0) is 4.79 Å². The minimum Gasteiger partial charge on any atom is -0.347 e. The zero-order chi connectivity index (χ0) is 12.4. The van der Waals surface area contributed by atoms with E-state index in [4.69, 9.17) is 0 Å². The van der Waals surface area contributed by atoms with Crippen LogP contribution in [0.2, 0.25) is 0 Å². The Hall–Kier alpha value is -1.36. The molecule has 90 valence electrons. The van der Waals surface area contributed by atoms with Crippen LogP contribution in [-0.4, -0.2) is 36.3 Å². The standard InChI is InChI=1S/C12H13BrN2O2/c1-15-7-8(6-11(15)16)14-12(17)9-4-2-3-5-10(9)13/h2-5,8H,6-7H2,1H3,(H,14,17)/t8-/m0/s1. The Labute approximate surface area is 108 Å². The quantitative estimate of drug-likeness (QED) is 0.897. The molecule has 2 amide bonds. The number of hydrogen-bond donors (Lipinski definition) is 1. The SMILES string of the molecule is CN1C[C@@H](NC(=O)c2ccccc2Br)CC1=O. The van der Waals surface area contributed by atoms with Crippen molar-refractivity contribution < 1.29 is 9.59 Å². The highest BCUT2D eigenvalue weighted by Gasteiger charge is 2.28. The summed E-state index contributed by atoms with van der Waals surface area (Å²) in [5, 5.41) is 2.87. The Bertz CT molecular complexity index is 462. The summed E-state index contributed by atoms with van der Waals surface area (Å²) < 4.78 is 0.759. The van der Waals surface area contributed by atoms with Crippen LogP contribution < -0.4 is 5.32 Å². The Kier molecular flexibility index (Phi) is 3.47. The number of likely N-dealkylation sites (tertiary alicyclic amines) is 1. The fourth-order valence-corrected chi connectivity index (χ4v) is 2.33. The molecule has 0 aliphatic carbocycles. The molecule has 0 aromatic heterocycles. The molecule has 1 N–H and O–H groups in total. The van der Waals surface area contributed by atoms with Crippen molar-refractivity contribution in [1.82, 2.24) is 10.2 Å². The second-order valence-corrected chi connectivity index (χ2v) is 4.98. The Morgan fingerprint density at radius 2 is 2.18 bits per heavy atom. The fraction of sp³-hybridized carbons (Fsp3) is 0.333. The number of carbonyl (C=O) groups is 2. The molecule has 0 bridgehead atoms. The molecule has 1 aliphatic rings. The molecule has 1 saturated heterocycles. The van der Waals surface area contributed by atoms with E-state index >= 15 is 0 Å². The predicted molar refractivity (Wildman–Crippen MR) is 67.7 cm³/mol. The molecule has 1 fully saturated rings. The summed E-state index contributed by atoms with van der Waals surface area (Å²) in [4.78, 5) is 24.9. The van der Waals surface area contributed by atoms with Gasteiger partial charge < -0.3 is 10.2 Å². The molecule has 0 unspecified atom stereocenters. The van der Waals surface area contributed by atoms with Crippen molar-refractivity contribution >= 4 is 27.7 Å². The smallest absolute Gasteiger partial charge is 0.252 e. The number of halogens is 1. The fourth-order valence-electron chi connectivity index (χ4n) is 1.87. The van der Waals surface area contributed by atoms with Gasteiger partial charge in [0, 0.05) is 24.5 Å². The summed E-state index contributed by atoms with van der Waals surface area (Å²) >= 11 is 3.33. The minimum atomic E-state index is -0.148. The molecule has 0 radical (unpaired) electrons. The van der Waals surface area contributed by atoms with E-state index in [0.717, 1.165) is 4.47 Å². The van der Waals surface area contributed by atoms with Crippen LogP contribution in [0.25, 0.3) is 0 Å². The van der Waals surface area contributed by atoms with Crippen molar-refractivity contribution in [3.8, 4) is 0 Å². The van der Waals surface area contributed by atoms with Crippen LogP contribution in [0.4, 0.5) is 0 Å². The first kappa shape index (κ1) is 12.1. The van der Waals surface area contributed by atoms with Gasteiger partial charge in [0.2, 0.25) is 5.91 Å². The highest BCUT2D eigenvalue weighted by Crippen LogP contribution is 2.16. The first-order valence-corrected chi connectivity index (χ1v) is 6.16. The molecule has 1 aromatic rings. The van der Waals surface area contributed by atoms with Crippen LogP contribution >= 0.6 is 15.9 Å². The normalized spacial score (nSPS) is 19.5. The molecule has 2 rings (SSSR count). The van der Waals surface area contributed by atoms with E-state index in [1.165, 1.54) is 0 Å². The van der Waals surface area contributed by atoms with Gasteiger partial charge in [-0.3, -0.25) is 9.59 Å². The maximum atomic E-state index is 12.0. The molecule has 1 heterocycles. The van der Waals surface area contributed by atoms with Crippen molar-refractivity contribution in [2.45, 2.75) is 12.5 Å². The first-order valence-electron chi connectivity index (χ1n) is 5.37. The maximum absolute atomic E-state index is 12.0. The van der Waals surface area contributed by atoms with Crippen LogP contribution in [0, 0.1) is 0 Å². The molecule has 5 heteroatoms. The second-order valence-electron chi connectivity index (χ2n) is 4.13. The minimum absolute atomic E-state index is 0.0717. The number of nitrogens with one attached hydrogen (secondary N) is 1. The van der Waals surface area contributed by atoms with Crippen LogP contribution in [0.15, 0.2) is 28.7 Å². The van der Waals surface area contributed by atoms with E-state index in [2.05, 4.69) is 21.2 Å². The van der Waals surface area contributed by atoms with Crippen molar-refractivity contribution in [2.24, 2.45) is 0 Å². The van der Waals surface area contributed by atoms with Gasteiger partial charge >= 0.3 is 0 Å². The Morgan fingerprint density at radius 1 is 1.47 bits per heavy atom. The number of likely N-dealkylation sites (N-methyl/N-ethyl adjacent to an activating group) is 1. The first-order chi connectivity index (χ1) is 8.08. The zero-order valence-electron chi connectivity index (χ0n) is 9.44. The van der Waals surface area contributed by atoms with Gasteiger partial charge in [-0.1, -0.05) is 12.1 Å². The number of hydrogen-bond acceptors (Lipinski definition) is 2. The lowest BCUT2D eigenvalue weighted by Gasteiger charge is -2.13. The van der Waals surface area contributed by atoms with Crippen molar-refractivity contribution in [3.63, 3.8) is 0 Å². The average Bonchev–Trinajstić information content (AvgIpc) is 2.58. The summed E-state index contributed by atoms with van der Waals surface area (Å²) in [5.74, 6) is -0.0759. The van der Waals surface area contributed by atoms with E-state index in [-0.39, 0.29) is 17.9 Å². The zero-order valence-corrected chi connectivity index (χ0v) is 11.0. The summed E-state index contributed by atoms with van der Waals surface area (Å²) in [7, 11) is 1.74. The van der Waals surface area contributed by atoms with Gasteiger partial charge in [0.15, 0.2) is 0 Å². The number of amides is 2. The third kappa shape index (κ3) is 2.66. The largest absolute Gasteiger partial charge is 0.347 e. The molecule has 1 aliphatic heterocycles. The highest BCUT2D eigenvalue weighted by atomic mass is 79.9. The molecule has 4 nitrogen and oxygen atoms in total. The summed E-state index contributed by atoms with van der Waals surface area (Å²) in [5.41, 5.74) is 0.592. The van der Waals surface area contributed by atoms with Crippen LogP contribution in [0.5, 0.6) is 0 Å². The van der Waals surface area contributed by atoms with Gasteiger partial charge in [-0.25, -0.2) is 0 Å². The number of rotatable bonds is 2. The maximum Gasteiger partial charge on any atom is 0.252 e. The van der Waals surface area contributed by atoms with Gasteiger partial charge in [-0.05, 0) is 28.1 Å². The molecule has 0 saturated carbocycles. The third-order valence-corrected chi connectivity index (χ3v) is 3.49. The number of nitrogens with zero attached hydrogens (tertiary/aromatic N) is 1. The Morgan fingerprint density at radius 3 is 2.76 bits per heavy atom. The topological polar surface area (TPSA) is 49.4 Å². The second kappa shape index (κ2) is 4.87. The van der Waals surface area contributed by atoms with E-state index in [9.17, 15) is 9.59 Å². The Balaban J connectivity index is 2.03. The van der Waals surface area contributed by atoms with Crippen LogP contribution in [0.1, 0.15) is 16.8 Å².